The number of anilines is 1. The molecular weight excluding hydrogens is 453 g/mol. The van der Waals surface area contributed by atoms with Crippen LogP contribution in [0.4, 0.5) is 14.9 Å². The summed E-state index contributed by atoms with van der Waals surface area (Å²) >= 11 is 0. The average molecular weight is 484 g/mol. The Morgan fingerprint density at radius 2 is 1.89 bits per heavy atom. The number of cyclic esters (lactones) is 1. The number of hydrogen-bond acceptors (Lipinski definition) is 6. The number of ether oxygens (including phenoxy) is 1. The van der Waals surface area contributed by atoms with E-state index in [0.717, 1.165) is 31.7 Å². The third-order valence-corrected chi connectivity index (χ3v) is 6.06. The van der Waals surface area contributed by atoms with Crippen molar-refractivity contribution in [2.24, 2.45) is 0 Å². The van der Waals surface area contributed by atoms with E-state index in [0.29, 0.717) is 23.4 Å². The SMILES string of the molecule is CC(=O)NCC1CN(c2ccc(-c3ccc(CNCC(=O)N4CCNCC4)cc3)c(F)c2)C(=O)O1. The van der Waals surface area contributed by atoms with Crippen LogP contribution in [0.25, 0.3) is 11.1 Å². The highest BCUT2D eigenvalue weighted by Gasteiger charge is 2.32. The Morgan fingerprint density at radius 1 is 1.14 bits per heavy atom. The lowest BCUT2D eigenvalue weighted by molar-refractivity contribution is -0.130. The van der Waals surface area contributed by atoms with E-state index in [1.165, 1.54) is 17.9 Å². The van der Waals surface area contributed by atoms with Crippen molar-refractivity contribution >= 4 is 23.6 Å². The molecule has 0 radical (unpaired) electrons. The van der Waals surface area contributed by atoms with Gasteiger partial charge in [-0.05, 0) is 29.3 Å². The molecule has 2 aromatic carbocycles. The third kappa shape index (κ3) is 6.34. The predicted molar refractivity (Wildman–Crippen MR) is 129 cm³/mol. The van der Waals surface area contributed by atoms with E-state index in [2.05, 4.69) is 16.0 Å². The van der Waals surface area contributed by atoms with Gasteiger partial charge in [-0.15, -0.1) is 0 Å². The molecule has 186 valence electrons. The first-order valence-electron chi connectivity index (χ1n) is 11.7. The normalized spacial score (nSPS) is 17.9. The molecule has 9 nitrogen and oxygen atoms in total. The molecule has 3 amide bonds. The van der Waals surface area contributed by atoms with Gasteiger partial charge < -0.3 is 25.6 Å². The highest BCUT2D eigenvalue weighted by Crippen LogP contribution is 2.29. The second kappa shape index (κ2) is 11.3. The molecule has 2 fully saturated rings. The lowest BCUT2D eigenvalue weighted by Gasteiger charge is -2.27. The van der Waals surface area contributed by atoms with Crippen LogP contribution in [-0.2, 0) is 20.9 Å². The fourth-order valence-corrected chi connectivity index (χ4v) is 4.14. The van der Waals surface area contributed by atoms with E-state index in [4.69, 9.17) is 4.74 Å². The van der Waals surface area contributed by atoms with Gasteiger partial charge in [-0.25, -0.2) is 9.18 Å². The fraction of sp³-hybridized carbons (Fsp3) is 0.400. The summed E-state index contributed by atoms with van der Waals surface area (Å²) in [5.74, 6) is -0.567. The van der Waals surface area contributed by atoms with Gasteiger partial charge in [0.2, 0.25) is 11.8 Å². The number of benzene rings is 2. The van der Waals surface area contributed by atoms with Gasteiger partial charge in [-0.2, -0.15) is 0 Å². The molecule has 0 saturated carbocycles. The average Bonchev–Trinajstić information content (AvgIpc) is 3.24. The molecule has 2 aliphatic heterocycles. The van der Waals surface area contributed by atoms with E-state index in [-0.39, 0.29) is 31.4 Å². The molecule has 2 heterocycles. The highest BCUT2D eigenvalue weighted by atomic mass is 19.1. The quantitative estimate of drug-likeness (QED) is 0.526. The molecule has 1 unspecified atom stereocenters. The summed E-state index contributed by atoms with van der Waals surface area (Å²) in [7, 11) is 0. The molecule has 0 aliphatic carbocycles. The van der Waals surface area contributed by atoms with Gasteiger partial charge in [0.1, 0.15) is 11.9 Å². The van der Waals surface area contributed by atoms with Crippen LogP contribution in [0.2, 0.25) is 0 Å². The summed E-state index contributed by atoms with van der Waals surface area (Å²) in [5, 5.41) is 9.02. The number of rotatable bonds is 8. The number of piperazine rings is 1. The summed E-state index contributed by atoms with van der Waals surface area (Å²) < 4.78 is 20.2. The monoisotopic (exact) mass is 483 g/mol. The number of carbonyl (C=O) groups excluding carboxylic acids is 3. The zero-order valence-electron chi connectivity index (χ0n) is 19.7. The van der Waals surface area contributed by atoms with Gasteiger partial charge >= 0.3 is 6.09 Å². The van der Waals surface area contributed by atoms with Crippen molar-refractivity contribution in [2.75, 3.05) is 50.7 Å². The molecule has 35 heavy (non-hydrogen) atoms. The molecule has 2 aromatic rings. The Hall–Kier alpha value is -3.50. The van der Waals surface area contributed by atoms with Crippen molar-refractivity contribution in [3.05, 3.63) is 53.8 Å². The Balaban J connectivity index is 1.32. The summed E-state index contributed by atoms with van der Waals surface area (Å²) in [6.45, 7) is 5.77. The van der Waals surface area contributed by atoms with Crippen LogP contribution in [0.15, 0.2) is 42.5 Å². The summed E-state index contributed by atoms with van der Waals surface area (Å²) in [5.41, 5.74) is 2.52. The van der Waals surface area contributed by atoms with Gasteiger partial charge in [-0.3, -0.25) is 14.5 Å². The maximum Gasteiger partial charge on any atom is 0.414 e. The molecular formula is C25H30FN5O4. The maximum atomic E-state index is 14.9. The van der Waals surface area contributed by atoms with E-state index in [1.54, 1.807) is 12.1 Å². The zero-order valence-corrected chi connectivity index (χ0v) is 19.7. The molecule has 0 spiro atoms. The number of halogens is 1. The number of carbonyl (C=O) groups is 3. The molecule has 10 heteroatoms. The number of hydrogen-bond donors (Lipinski definition) is 3. The van der Waals surface area contributed by atoms with Gasteiger partial charge in [0.15, 0.2) is 0 Å². The number of nitrogens with one attached hydrogen (secondary N) is 3. The van der Waals surface area contributed by atoms with Crippen molar-refractivity contribution in [1.82, 2.24) is 20.9 Å². The zero-order chi connectivity index (χ0) is 24.8. The Kier molecular flexibility index (Phi) is 7.94. The van der Waals surface area contributed by atoms with Crippen molar-refractivity contribution < 1.29 is 23.5 Å². The van der Waals surface area contributed by atoms with Crippen LogP contribution in [0.3, 0.4) is 0 Å². The first-order chi connectivity index (χ1) is 16.9. The van der Waals surface area contributed by atoms with E-state index in [9.17, 15) is 18.8 Å². The lowest BCUT2D eigenvalue weighted by Crippen LogP contribution is -2.48. The Bertz CT molecular complexity index is 1070. The molecule has 0 bridgehead atoms. The third-order valence-electron chi connectivity index (χ3n) is 6.06. The Labute approximate surface area is 203 Å². The smallest absolute Gasteiger partial charge is 0.414 e. The second-order valence-corrected chi connectivity index (χ2v) is 8.65. The highest BCUT2D eigenvalue weighted by molar-refractivity contribution is 5.90. The summed E-state index contributed by atoms with van der Waals surface area (Å²) in [4.78, 5) is 38.7. The minimum atomic E-state index is -0.570. The fourth-order valence-electron chi connectivity index (χ4n) is 4.14. The summed E-state index contributed by atoms with van der Waals surface area (Å²) in [6.07, 6.45) is -1.05. The summed E-state index contributed by atoms with van der Waals surface area (Å²) in [6, 6.07) is 12.1. The van der Waals surface area contributed by atoms with Crippen LogP contribution in [-0.4, -0.2) is 74.7 Å². The standard InChI is InChI=1S/C25H30FN5O4/c1-17(32)29-14-21-16-31(25(34)35-21)20-6-7-22(23(26)12-20)19-4-2-18(3-5-19)13-28-15-24(33)30-10-8-27-9-11-30/h2-7,12,21,27-28H,8-11,13-16H2,1H3,(H,29,32). The first kappa shape index (κ1) is 24.6. The molecule has 0 aromatic heterocycles. The van der Waals surface area contributed by atoms with Crippen LogP contribution in [0.5, 0.6) is 0 Å². The van der Waals surface area contributed by atoms with E-state index < -0.39 is 18.0 Å². The number of nitrogens with zero attached hydrogens (tertiary/aromatic N) is 2. The van der Waals surface area contributed by atoms with Crippen LogP contribution < -0.4 is 20.9 Å². The van der Waals surface area contributed by atoms with Gasteiger partial charge in [-0.1, -0.05) is 24.3 Å². The van der Waals surface area contributed by atoms with Crippen LogP contribution in [0, 0.1) is 5.82 Å². The molecule has 4 rings (SSSR count). The number of amides is 3. The molecule has 2 saturated heterocycles. The van der Waals surface area contributed by atoms with Crippen molar-refractivity contribution in [1.29, 1.82) is 0 Å². The Morgan fingerprint density at radius 3 is 2.57 bits per heavy atom. The molecule has 2 aliphatic rings. The van der Waals surface area contributed by atoms with Crippen LogP contribution in [0.1, 0.15) is 12.5 Å². The minimum Gasteiger partial charge on any atom is -0.442 e. The van der Waals surface area contributed by atoms with Crippen molar-refractivity contribution in [3.63, 3.8) is 0 Å². The van der Waals surface area contributed by atoms with Crippen LogP contribution >= 0.6 is 0 Å². The first-order valence-corrected chi connectivity index (χ1v) is 11.7. The topological polar surface area (TPSA) is 103 Å². The molecule has 3 N–H and O–H groups in total. The van der Waals surface area contributed by atoms with Gasteiger partial charge in [0.25, 0.3) is 0 Å². The lowest BCUT2D eigenvalue weighted by atomic mass is 10.0. The predicted octanol–water partition coefficient (Wildman–Crippen LogP) is 1.48. The van der Waals surface area contributed by atoms with Gasteiger partial charge in [0.05, 0.1) is 25.3 Å². The second-order valence-electron chi connectivity index (χ2n) is 8.65. The maximum absolute atomic E-state index is 14.9. The van der Waals surface area contributed by atoms with Crippen molar-refractivity contribution in [2.45, 2.75) is 19.6 Å². The largest absolute Gasteiger partial charge is 0.442 e. The van der Waals surface area contributed by atoms with E-state index >= 15 is 0 Å². The van der Waals surface area contributed by atoms with Crippen molar-refractivity contribution in [3.8, 4) is 11.1 Å². The van der Waals surface area contributed by atoms with Gasteiger partial charge in [0, 0.05) is 45.2 Å². The van der Waals surface area contributed by atoms with E-state index in [1.807, 2.05) is 29.2 Å². The minimum absolute atomic E-state index is 0.0913. The molecule has 1 atom stereocenters.